The summed E-state index contributed by atoms with van der Waals surface area (Å²) in [5, 5.41) is 3.87. The molecule has 3 saturated carbocycles. The monoisotopic (exact) mass is 339 g/mol. The molecule has 1 aromatic heterocycles. The summed E-state index contributed by atoms with van der Waals surface area (Å²) < 4.78 is 33.1. The van der Waals surface area contributed by atoms with Crippen LogP contribution in [0.5, 0.6) is 0 Å². The zero-order chi connectivity index (χ0) is 16.1. The third kappa shape index (κ3) is 2.82. The van der Waals surface area contributed by atoms with Crippen molar-refractivity contribution in [2.75, 3.05) is 0 Å². The van der Waals surface area contributed by atoms with Crippen molar-refractivity contribution >= 4 is 10.0 Å². The molecule has 0 aromatic carbocycles. The van der Waals surface area contributed by atoms with Gasteiger partial charge in [0.1, 0.15) is 0 Å². The number of aromatic nitrogens is 2. The van der Waals surface area contributed by atoms with Crippen LogP contribution in [0, 0.1) is 5.41 Å². The SMILES string of the molecule is CC(NS(=O)(=O)C1CC12CCC2)c1nc(C2CCCCC2)no1. The van der Waals surface area contributed by atoms with Crippen molar-refractivity contribution in [3.63, 3.8) is 0 Å². The van der Waals surface area contributed by atoms with E-state index in [1.54, 1.807) is 6.92 Å². The van der Waals surface area contributed by atoms with Gasteiger partial charge in [-0.1, -0.05) is 30.8 Å². The first-order valence-electron chi connectivity index (χ1n) is 8.85. The fourth-order valence-electron chi connectivity index (χ4n) is 4.23. The molecule has 2 unspecified atom stereocenters. The van der Waals surface area contributed by atoms with Crippen LogP contribution in [0.2, 0.25) is 0 Å². The zero-order valence-corrected chi connectivity index (χ0v) is 14.4. The highest BCUT2D eigenvalue weighted by molar-refractivity contribution is 7.90. The number of sulfonamides is 1. The van der Waals surface area contributed by atoms with E-state index < -0.39 is 16.1 Å². The number of hydrogen-bond donors (Lipinski definition) is 1. The van der Waals surface area contributed by atoms with Gasteiger partial charge in [-0.3, -0.25) is 0 Å². The molecule has 0 bridgehead atoms. The molecule has 3 aliphatic carbocycles. The second-order valence-electron chi connectivity index (χ2n) is 7.62. The van der Waals surface area contributed by atoms with Crippen LogP contribution in [0.15, 0.2) is 4.52 Å². The van der Waals surface area contributed by atoms with E-state index in [2.05, 4.69) is 14.9 Å². The largest absolute Gasteiger partial charge is 0.338 e. The first-order chi connectivity index (χ1) is 11.0. The summed E-state index contributed by atoms with van der Waals surface area (Å²) in [6.45, 7) is 1.78. The second-order valence-corrected chi connectivity index (χ2v) is 9.51. The number of rotatable bonds is 5. The Morgan fingerprint density at radius 1 is 1.22 bits per heavy atom. The predicted molar refractivity (Wildman–Crippen MR) is 85.3 cm³/mol. The minimum Gasteiger partial charge on any atom is -0.338 e. The van der Waals surface area contributed by atoms with E-state index in [1.807, 2.05) is 0 Å². The summed E-state index contributed by atoms with van der Waals surface area (Å²) in [5.74, 6) is 1.50. The van der Waals surface area contributed by atoms with Gasteiger partial charge >= 0.3 is 0 Å². The summed E-state index contributed by atoms with van der Waals surface area (Å²) in [7, 11) is -3.30. The lowest BCUT2D eigenvalue weighted by Gasteiger charge is -2.26. The maximum absolute atomic E-state index is 12.5. The number of nitrogens with one attached hydrogen (secondary N) is 1. The van der Waals surface area contributed by atoms with Crippen molar-refractivity contribution in [1.29, 1.82) is 0 Å². The Morgan fingerprint density at radius 2 is 1.96 bits per heavy atom. The van der Waals surface area contributed by atoms with E-state index >= 15 is 0 Å². The summed E-state index contributed by atoms with van der Waals surface area (Å²) >= 11 is 0. The molecule has 23 heavy (non-hydrogen) atoms. The Hall–Kier alpha value is -0.950. The molecule has 3 fully saturated rings. The summed E-state index contributed by atoms with van der Waals surface area (Å²) in [6, 6.07) is -0.456. The van der Waals surface area contributed by atoms with Gasteiger partial charge in [0.15, 0.2) is 5.82 Å². The molecular formula is C16H25N3O3S. The normalized spacial score (nSPS) is 28.5. The molecule has 0 amide bonds. The van der Waals surface area contributed by atoms with Gasteiger partial charge in [-0.25, -0.2) is 13.1 Å². The molecule has 128 valence electrons. The highest BCUT2D eigenvalue weighted by Crippen LogP contribution is 2.63. The predicted octanol–water partition coefficient (Wildman–Crippen LogP) is 3.04. The second kappa shape index (κ2) is 5.55. The molecule has 3 aliphatic rings. The van der Waals surface area contributed by atoms with Gasteiger partial charge in [-0.2, -0.15) is 4.98 Å². The van der Waals surface area contributed by atoms with Crippen molar-refractivity contribution in [1.82, 2.24) is 14.9 Å². The van der Waals surface area contributed by atoms with Crippen LogP contribution in [0.3, 0.4) is 0 Å². The molecule has 1 N–H and O–H groups in total. The van der Waals surface area contributed by atoms with E-state index in [9.17, 15) is 8.42 Å². The third-order valence-corrected chi connectivity index (χ3v) is 8.08. The number of nitrogens with zero attached hydrogens (tertiary/aromatic N) is 2. The molecule has 1 heterocycles. The zero-order valence-electron chi connectivity index (χ0n) is 13.6. The van der Waals surface area contributed by atoms with E-state index in [4.69, 9.17) is 4.52 Å². The van der Waals surface area contributed by atoms with Gasteiger partial charge in [0.25, 0.3) is 0 Å². The third-order valence-electron chi connectivity index (χ3n) is 5.98. The maximum atomic E-state index is 12.5. The van der Waals surface area contributed by atoms with Crippen LogP contribution in [0.4, 0.5) is 0 Å². The standard InChI is InChI=1S/C16H25N3O3S/c1-11(19-23(20,21)13-10-16(13)8-5-9-16)15-17-14(18-22-15)12-6-3-2-4-7-12/h11-13,19H,2-10H2,1H3. The van der Waals surface area contributed by atoms with E-state index in [0.29, 0.717) is 11.8 Å². The highest BCUT2D eigenvalue weighted by Gasteiger charge is 2.63. The molecular weight excluding hydrogens is 314 g/mol. The molecule has 1 aromatic rings. The average Bonchev–Trinajstić information content (AvgIpc) is 3.12. The quantitative estimate of drug-likeness (QED) is 0.891. The molecule has 1 spiro atoms. The van der Waals surface area contributed by atoms with E-state index in [0.717, 1.165) is 44.3 Å². The van der Waals surface area contributed by atoms with Crippen LogP contribution in [0.25, 0.3) is 0 Å². The Bertz CT molecular complexity index is 674. The fourth-order valence-corrected chi connectivity index (χ4v) is 6.44. The first kappa shape index (κ1) is 15.6. The van der Waals surface area contributed by atoms with Crippen LogP contribution < -0.4 is 4.72 Å². The van der Waals surface area contributed by atoms with E-state index in [-0.39, 0.29) is 10.7 Å². The van der Waals surface area contributed by atoms with Gasteiger partial charge in [0.2, 0.25) is 15.9 Å². The lowest BCUT2D eigenvalue weighted by molar-refractivity contribution is 0.288. The van der Waals surface area contributed by atoms with Crippen LogP contribution in [-0.4, -0.2) is 23.8 Å². The van der Waals surface area contributed by atoms with Crippen LogP contribution in [-0.2, 0) is 10.0 Å². The lowest BCUT2D eigenvalue weighted by atomic mass is 9.82. The molecule has 0 saturated heterocycles. The summed E-state index contributed by atoms with van der Waals surface area (Å²) in [4.78, 5) is 4.46. The Labute approximate surface area is 137 Å². The van der Waals surface area contributed by atoms with Gasteiger partial charge in [-0.15, -0.1) is 0 Å². The van der Waals surface area contributed by atoms with Crippen molar-refractivity contribution in [3.05, 3.63) is 11.7 Å². The van der Waals surface area contributed by atoms with Gasteiger partial charge in [0, 0.05) is 5.92 Å². The molecule has 4 rings (SSSR count). The van der Waals surface area contributed by atoms with Gasteiger partial charge in [-0.05, 0) is 44.4 Å². The minimum absolute atomic E-state index is 0.0909. The van der Waals surface area contributed by atoms with Crippen molar-refractivity contribution in [2.24, 2.45) is 5.41 Å². The smallest absolute Gasteiger partial charge is 0.244 e. The topological polar surface area (TPSA) is 85.1 Å². The molecule has 0 aliphatic heterocycles. The maximum Gasteiger partial charge on any atom is 0.244 e. The Kier molecular flexibility index (Phi) is 3.76. The Morgan fingerprint density at radius 3 is 2.57 bits per heavy atom. The summed E-state index contributed by atoms with van der Waals surface area (Å²) in [6.07, 6.45) is 9.98. The average molecular weight is 339 g/mol. The van der Waals surface area contributed by atoms with Crippen molar-refractivity contribution < 1.29 is 12.9 Å². The van der Waals surface area contributed by atoms with Crippen LogP contribution >= 0.6 is 0 Å². The lowest BCUT2D eigenvalue weighted by Crippen LogP contribution is -2.34. The first-order valence-corrected chi connectivity index (χ1v) is 10.4. The van der Waals surface area contributed by atoms with Crippen molar-refractivity contribution in [2.45, 2.75) is 81.9 Å². The molecule has 6 nitrogen and oxygen atoms in total. The minimum atomic E-state index is -3.30. The van der Waals surface area contributed by atoms with Crippen molar-refractivity contribution in [3.8, 4) is 0 Å². The highest BCUT2D eigenvalue weighted by atomic mass is 32.2. The molecule has 7 heteroatoms. The van der Waals surface area contributed by atoms with E-state index in [1.165, 1.54) is 19.3 Å². The Balaban J connectivity index is 1.41. The van der Waals surface area contributed by atoms with Gasteiger partial charge in [0.05, 0.1) is 11.3 Å². The number of hydrogen-bond acceptors (Lipinski definition) is 5. The summed E-state index contributed by atoms with van der Waals surface area (Å²) in [5.41, 5.74) is 0.0909. The van der Waals surface area contributed by atoms with Gasteiger partial charge < -0.3 is 4.52 Å². The molecule has 0 radical (unpaired) electrons. The molecule has 2 atom stereocenters. The fraction of sp³-hybridized carbons (Fsp3) is 0.875. The van der Waals surface area contributed by atoms with Crippen LogP contribution in [0.1, 0.15) is 88.4 Å².